The molecule has 0 aromatic heterocycles. The van der Waals surface area contributed by atoms with Crippen LogP contribution in [-0.4, -0.2) is 35.1 Å². The number of likely N-dealkylation sites (tertiary alicyclic amines) is 1. The van der Waals surface area contributed by atoms with Crippen molar-refractivity contribution in [2.45, 2.75) is 32.7 Å². The molecule has 1 saturated heterocycles. The molecule has 1 aliphatic heterocycles. The molecule has 0 radical (unpaired) electrons. The molecule has 0 spiro atoms. The molecular weight excluding hydrogens is 360 g/mol. The van der Waals surface area contributed by atoms with E-state index in [4.69, 9.17) is 0 Å². The lowest BCUT2D eigenvalue weighted by molar-refractivity contribution is -0.149. The summed E-state index contributed by atoms with van der Waals surface area (Å²) in [6, 6.07) is 5.80. The number of carboxylic acid groups (broad SMARTS) is 1. The van der Waals surface area contributed by atoms with Crippen molar-refractivity contribution < 1.29 is 14.7 Å². The molecule has 23 heavy (non-hydrogen) atoms. The Labute approximate surface area is 144 Å². The van der Waals surface area contributed by atoms with Crippen molar-refractivity contribution in [2.75, 3.05) is 13.1 Å². The summed E-state index contributed by atoms with van der Waals surface area (Å²) in [5.74, 6) is -0.656. The number of carbonyl (C=O) groups excluding carboxylic acids is 1. The van der Waals surface area contributed by atoms with Gasteiger partial charge in [0.05, 0.1) is 5.41 Å². The predicted octanol–water partition coefficient (Wildman–Crippen LogP) is 3.15. The lowest BCUT2D eigenvalue weighted by atomic mass is 9.81. The molecule has 1 aromatic carbocycles. The van der Waals surface area contributed by atoms with Crippen LogP contribution in [0.1, 0.15) is 30.4 Å². The van der Waals surface area contributed by atoms with Crippen LogP contribution in [0.25, 0.3) is 0 Å². The van der Waals surface area contributed by atoms with E-state index < -0.39 is 11.4 Å². The number of nitrogens with zero attached hydrogens (tertiary/aromatic N) is 1. The van der Waals surface area contributed by atoms with Crippen LogP contribution in [0.15, 0.2) is 22.7 Å². The maximum absolute atomic E-state index is 12.4. The molecule has 0 bridgehead atoms. The van der Waals surface area contributed by atoms with Crippen molar-refractivity contribution in [1.82, 2.24) is 10.2 Å². The highest BCUT2D eigenvalue weighted by Crippen LogP contribution is 2.48. The summed E-state index contributed by atoms with van der Waals surface area (Å²) >= 11 is 3.44. The first-order chi connectivity index (χ1) is 10.9. The summed E-state index contributed by atoms with van der Waals surface area (Å²) in [6.45, 7) is 3.34. The van der Waals surface area contributed by atoms with E-state index in [9.17, 15) is 14.7 Å². The number of fused-ring (bicyclic) bond motifs is 1. The molecular formula is C17H21BrN2O3. The molecule has 3 rings (SSSR count). The number of carboxylic acids is 1. The number of urea groups is 1. The van der Waals surface area contributed by atoms with Crippen LogP contribution in [0.5, 0.6) is 0 Å². The largest absolute Gasteiger partial charge is 0.481 e. The molecule has 1 aromatic rings. The Bertz CT molecular complexity index is 649. The zero-order chi connectivity index (χ0) is 16.6. The third kappa shape index (κ3) is 2.96. The van der Waals surface area contributed by atoms with Crippen molar-refractivity contribution >= 4 is 27.9 Å². The summed E-state index contributed by atoms with van der Waals surface area (Å²) in [6.07, 6.45) is 2.53. The molecule has 124 valence electrons. The van der Waals surface area contributed by atoms with Crippen LogP contribution in [0.2, 0.25) is 0 Å². The quantitative estimate of drug-likeness (QED) is 0.845. The lowest BCUT2D eigenvalue weighted by Crippen LogP contribution is -2.41. The minimum Gasteiger partial charge on any atom is -0.481 e. The van der Waals surface area contributed by atoms with Crippen LogP contribution in [0, 0.1) is 18.3 Å². The van der Waals surface area contributed by atoms with Gasteiger partial charge in [-0.25, -0.2) is 4.79 Å². The predicted molar refractivity (Wildman–Crippen MR) is 90.1 cm³/mol. The van der Waals surface area contributed by atoms with E-state index in [2.05, 4.69) is 21.2 Å². The average Bonchev–Trinajstić information content (AvgIpc) is 3.06. The van der Waals surface area contributed by atoms with Gasteiger partial charge in [0, 0.05) is 24.1 Å². The van der Waals surface area contributed by atoms with E-state index in [0.717, 1.165) is 28.4 Å². The van der Waals surface area contributed by atoms with Crippen molar-refractivity contribution in [2.24, 2.45) is 11.3 Å². The maximum atomic E-state index is 12.4. The maximum Gasteiger partial charge on any atom is 0.317 e. The zero-order valence-electron chi connectivity index (χ0n) is 13.1. The molecule has 1 aliphatic carbocycles. The van der Waals surface area contributed by atoms with Crippen molar-refractivity contribution in [1.29, 1.82) is 0 Å². The molecule has 0 unspecified atom stereocenters. The fourth-order valence-corrected chi connectivity index (χ4v) is 4.32. The number of amides is 2. The molecule has 2 atom stereocenters. The van der Waals surface area contributed by atoms with Crippen LogP contribution in [0.4, 0.5) is 4.79 Å². The number of aryl methyl sites for hydroxylation is 1. The Morgan fingerprint density at radius 2 is 2.26 bits per heavy atom. The second kappa shape index (κ2) is 6.15. The number of benzene rings is 1. The fourth-order valence-electron chi connectivity index (χ4n) is 3.91. The highest BCUT2D eigenvalue weighted by molar-refractivity contribution is 9.10. The van der Waals surface area contributed by atoms with Gasteiger partial charge in [0.2, 0.25) is 0 Å². The second-order valence-electron chi connectivity index (χ2n) is 6.66. The van der Waals surface area contributed by atoms with Crippen LogP contribution >= 0.6 is 15.9 Å². The van der Waals surface area contributed by atoms with Crippen molar-refractivity contribution in [3.05, 3.63) is 33.8 Å². The van der Waals surface area contributed by atoms with E-state index in [0.29, 0.717) is 26.1 Å². The number of halogens is 1. The Hall–Kier alpha value is -1.56. The number of aliphatic carboxylic acids is 1. The van der Waals surface area contributed by atoms with Crippen molar-refractivity contribution in [3.63, 3.8) is 0 Å². The first-order valence-corrected chi connectivity index (χ1v) is 8.73. The standard InChI is InChI=1S/C17H21BrN2O3/c1-11-4-5-14(18)7-12(11)8-19-16(23)20-9-13-3-2-6-17(13,10-20)15(21)22/h4-5,7,13H,2-3,6,8-10H2,1H3,(H,19,23)(H,21,22)/t13-,17+/m0/s1. The SMILES string of the molecule is Cc1ccc(Br)cc1CNC(=O)N1C[C@@H]2CCC[C@@]2(C(=O)O)C1. The van der Waals surface area contributed by atoms with Gasteiger partial charge < -0.3 is 15.3 Å². The summed E-state index contributed by atoms with van der Waals surface area (Å²) < 4.78 is 0.980. The van der Waals surface area contributed by atoms with Crippen LogP contribution in [-0.2, 0) is 11.3 Å². The highest BCUT2D eigenvalue weighted by Gasteiger charge is 2.55. The highest BCUT2D eigenvalue weighted by atomic mass is 79.9. The van der Waals surface area contributed by atoms with E-state index in [-0.39, 0.29) is 11.9 Å². The van der Waals surface area contributed by atoms with E-state index in [1.54, 1.807) is 4.90 Å². The molecule has 2 amide bonds. The molecule has 6 heteroatoms. The Morgan fingerprint density at radius 3 is 2.96 bits per heavy atom. The van der Waals surface area contributed by atoms with Gasteiger partial charge in [0.15, 0.2) is 0 Å². The molecule has 1 saturated carbocycles. The van der Waals surface area contributed by atoms with Crippen LogP contribution in [0.3, 0.4) is 0 Å². The number of carbonyl (C=O) groups is 2. The van der Waals surface area contributed by atoms with E-state index in [1.807, 2.05) is 25.1 Å². The molecule has 1 heterocycles. The number of nitrogens with one attached hydrogen (secondary N) is 1. The lowest BCUT2D eigenvalue weighted by Gasteiger charge is -2.23. The molecule has 2 fully saturated rings. The number of hydrogen-bond donors (Lipinski definition) is 2. The minimum atomic E-state index is -0.752. The Kier molecular flexibility index (Phi) is 4.36. The second-order valence-corrected chi connectivity index (χ2v) is 7.58. The van der Waals surface area contributed by atoms with Gasteiger partial charge in [-0.1, -0.05) is 28.4 Å². The smallest absolute Gasteiger partial charge is 0.317 e. The van der Waals surface area contributed by atoms with Gasteiger partial charge >= 0.3 is 12.0 Å². The molecule has 5 nitrogen and oxygen atoms in total. The minimum absolute atomic E-state index is 0.0957. The summed E-state index contributed by atoms with van der Waals surface area (Å²) in [7, 11) is 0. The third-order valence-electron chi connectivity index (χ3n) is 5.33. The fraction of sp³-hybridized carbons (Fsp3) is 0.529. The van der Waals surface area contributed by atoms with E-state index >= 15 is 0 Å². The first-order valence-electron chi connectivity index (χ1n) is 7.93. The Balaban J connectivity index is 1.64. The van der Waals surface area contributed by atoms with Crippen molar-refractivity contribution in [3.8, 4) is 0 Å². The summed E-state index contributed by atoms with van der Waals surface area (Å²) in [4.78, 5) is 25.8. The van der Waals surface area contributed by atoms with Gasteiger partial charge in [0.25, 0.3) is 0 Å². The number of hydrogen-bond acceptors (Lipinski definition) is 2. The van der Waals surface area contributed by atoms with Gasteiger partial charge in [-0.05, 0) is 48.9 Å². The summed E-state index contributed by atoms with van der Waals surface area (Å²) in [5, 5.41) is 12.5. The summed E-state index contributed by atoms with van der Waals surface area (Å²) in [5.41, 5.74) is 1.46. The number of rotatable bonds is 3. The van der Waals surface area contributed by atoms with Gasteiger partial charge in [-0.2, -0.15) is 0 Å². The topological polar surface area (TPSA) is 69.6 Å². The van der Waals surface area contributed by atoms with Crippen LogP contribution < -0.4 is 5.32 Å². The average molecular weight is 381 g/mol. The molecule has 2 N–H and O–H groups in total. The van der Waals surface area contributed by atoms with E-state index in [1.165, 1.54) is 0 Å². The molecule has 2 aliphatic rings. The van der Waals surface area contributed by atoms with Gasteiger partial charge in [0.1, 0.15) is 0 Å². The monoisotopic (exact) mass is 380 g/mol. The Morgan fingerprint density at radius 1 is 1.48 bits per heavy atom. The first kappa shape index (κ1) is 16.3. The van der Waals surface area contributed by atoms with Gasteiger partial charge in [-0.15, -0.1) is 0 Å². The van der Waals surface area contributed by atoms with Gasteiger partial charge in [-0.3, -0.25) is 4.79 Å². The zero-order valence-corrected chi connectivity index (χ0v) is 14.7. The normalized spacial score (nSPS) is 26.2. The third-order valence-corrected chi connectivity index (χ3v) is 5.82.